The quantitative estimate of drug-likeness (QED) is 0.785. The second-order valence-electron chi connectivity index (χ2n) is 4.52. The average Bonchev–Trinajstić information content (AvgIpc) is 2.48. The lowest BCUT2D eigenvalue weighted by Gasteiger charge is -2.08. The first-order chi connectivity index (χ1) is 10.4. The van der Waals surface area contributed by atoms with Crippen molar-refractivity contribution in [2.45, 2.75) is 11.3 Å². The van der Waals surface area contributed by atoms with Crippen LogP contribution in [-0.2, 0) is 10.0 Å². The number of ether oxygens (including phenoxy) is 2. The molecule has 7 heteroatoms. The molecular weight excluding hydrogens is 326 g/mol. The van der Waals surface area contributed by atoms with Gasteiger partial charge in [0.2, 0.25) is 10.0 Å². The van der Waals surface area contributed by atoms with Crippen LogP contribution in [0.4, 0.5) is 0 Å². The molecule has 2 rings (SSSR count). The van der Waals surface area contributed by atoms with Gasteiger partial charge in [0.25, 0.3) is 0 Å². The molecule has 0 bridgehead atoms. The van der Waals surface area contributed by atoms with Crippen molar-refractivity contribution in [2.75, 3.05) is 13.2 Å². The van der Waals surface area contributed by atoms with Gasteiger partial charge in [-0.2, -0.15) is 0 Å². The Morgan fingerprint density at radius 2 is 1.32 bits per heavy atom. The van der Waals surface area contributed by atoms with Crippen LogP contribution in [0.2, 0.25) is 5.02 Å². The van der Waals surface area contributed by atoms with Gasteiger partial charge in [0.05, 0.1) is 18.1 Å². The van der Waals surface area contributed by atoms with E-state index in [1.54, 1.807) is 36.4 Å². The third kappa shape index (κ3) is 5.22. The van der Waals surface area contributed by atoms with Crippen LogP contribution < -0.4 is 14.6 Å². The van der Waals surface area contributed by atoms with E-state index in [9.17, 15) is 8.42 Å². The molecule has 2 aromatic carbocycles. The number of hydrogen-bond donors (Lipinski definition) is 1. The van der Waals surface area contributed by atoms with Gasteiger partial charge in [-0.25, -0.2) is 13.6 Å². The highest BCUT2D eigenvalue weighted by atomic mass is 35.5. The van der Waals surface area contributed by atoms with Crippen LogP contribution in [0, 0.1) is 0 Å². The van der Waals surface area contributed by atoms with Gasteiger partial charge < -0.3 is 9.47 Å². The highest BCUT2D eigenvalue weighted by Gasteiger charge is 2.06. The number of hydrogen-bond acceptors (Lipinski definition) is 4. The molecule has 0 spiro atoms. The molecule has 0 amide bonds. The normalized spacial score (nSPS) is 11.2. The molecule has 0 aliphatic heterocycles. The van der Waals surface area contributed by atoms with Crippen molar-refractivity contribution >= 4 is 21.6 Å². The van der Waals surface area contributed by atoms with E-state index in [4.69, 9.17) is 26.2 Å². The maximum absolute atomic E-state index is 11.1. The standard InChI is InChI=1S/C15H16ClNO4S/c16-12-2-4-13(5-3-12)20-10-1-11-21-14-6-8-15(9-7-14)22(17,18)19/h2-9H,1,10-11H2,(H2,17,18,19). The summed E-state index contributed by atoms with van der Waals surface area (Å²) in [4.78, 5) is 0.0610. The highest BCUT2D eigenvalue weighted by Crippen LogP contribution is 2.16. The van der Waals surface area contributed by atoms with Crippen molar-refractivity contribution in [2.24, 2.45) is 5.14 Å². The van der Waals surface area contributed by atoms with E-state index < -0.39 is 10.0 Å². The third-order valence-electron chi connectivity index (χ3n) is 2.79. The molecule has 0 saturated heterocycles. The monoisotopic (exact) mass is 341 g/mol. The lowest BCUT2D eigenvalue weighted by atomic mass is 10.3. The molecule has 0 atom stereocenters. The number of benzene rings is 2. The molecule has 2 N–H and O–H groups in total. The molecule has 5 nitrogen and oxygen atoms in total. The lowest BCUT2D eigenvalue weighted by molar-refractivity contribution is 0.247. The van der Waals surface area contributed by atoms with Crippen molar-refractivity contribution in [3.63, 3.8) is 0 Å². The Kier molecular flexibility index (Phi) is 5.65. The first-order valence-corrected chi connectivity index (χ1v) is 8.51. The summed E-state index contributed by atoms with van der Waals surface area (Å²) in [5.41, 5.74) is 0. The van der Waals surface area contributed by atoms with Crippen LogP contribution in [-0.4, -0.2) is 21.6 Å². The molecule has 0 heterocycles. The molecule has 0 saturated carbocycles. The predicted octanol–water partition coefficient (Wildman–Crippen LogP) is 2.84. The zero-order valence-corrected chi connectivity index (χ0v) is 13.3. The first-order valence-electron chi connectivity index (χ1n) is 6.59. The summed E-state index contributed by atoms with van der Waals surface area (Å²) in [7, 11) is -3.67. The van der Waals surface area contributed by atoms with Gasteiger partial charge in [-0.1, -0.05) is 11.6 Å². The number of sulfonamides is 1. The lowest BCUT2D eigenvalue weighted by Crippen LogP contribution is -2.11. The fourth-order valence-corrected chi connectivity index (χ4v) is 2.34. The van der Waals surface area contributed by atoms with Gasteiger partial charge in [0, 0.05) is 11.4 Å². The van der Waals surface area contributed by atoms with E-state index in [0.29, 0.717) is 30.4 Å². The van der Waals surface area contributed by atoms with Crippen molar-refractivity contribution < 1.29 is 17.9 Å². The van der Waals surface area contributed by atoms with Crippen LogP contribution in [0.25, 0.3) is 0 Å². The maximum Gasteiger partial charge on any atom is 0.238 e. The first kappa shape index (κ1) is 16.6. The second-order valence-corrected chi connectivity index (χ2v) is 6.52. The largest absolute Gasteiger partial charge is 0.493 e. The second kappa shape index (κ2) is 7.49. The van der Waals surface area contributed by atoms with E-state index in [2.05, 4.69) is 0 Å². The molecule has 0 aliphatic carbocycles. The Bertz CT molecular complexity index is 699. The van der Waals surface area contributed by atoms with Gasteiger partial charge in [0.1, 0.15) is 11.5 Å². The molecule has 0 aromatic heterocycles. The number of primary sulfonamides is 1. The highest BCUT2D eigenvalue weighted by molar-refractivity contribution is 7.89. The van der Waals surface area contributed by atoms with E-state index in [0.717, 1.165) is 5.75 Å². The zero-order chi connectivity index (χ0) is 16.0. The number of nitrogens with two attached hydrogens (primary N) is 1. The number of rotatable bonds is 7. The van der Waals surface area contributed by atoms with Gasteiger partial charge >= 0.3 is 0 Å². The molecule has 0 fully saturated rings. The van der Waals surface area contributed by atoms with Gasteiger partial charge in [0.15, 0.2) is 0 Å². The summed E-state index contributed by atoms with van der Waals surface area (Å²) in [5.74, 6) is 1.33. The number of halogens is 1. The van der Waals surface area contributed by atoms with Crippen LogP contribution in [0.3, 0.4) is 0 Å². The van der Waals surface area contributed by atoms with E-state index >= 15 is 0 Å². The third-order valence-corrected chi connectivity index (χ3v) is 3.97. The minimum absolute atomic E-state index is 0.0610. The summed E-state index contributed by atoms with van der Waals surface area (Å²) in [5, 5.41) is 5.68. The van der Waals surface area contributed by atoms with E-state index in [1.807, 2.05) is 0 Å². The van der Waals surface area contributed by atoms with Gasteiger partial charge in [-0.15, -0.1) is 0 Å². The zero-order valence-electron chi connectivity index (χ0n) is 11.7. The van der Waals surface area contributed by atoms with Crippen LogP contribution in [0.5, 0.6) is 11.5 Å². The SMILES string of the molecule is NS(=O)(=O)c1ccc(OCCCOc2ccc(Cl)cc2)cc1. The Morgan fingerprint density at radius 1 is 0.864 bits per heavy atom. The van der Waals surface area contributed by atoms with Crippen molar-refractivity contribution in [3.05, 3.63) is 53.6 Å². The van der Waals surface area contributed by atoms with Gasteiger partial charge in [-0.05, 0) is 48.5 Å². The molecule has 22 heavy (non-hydrogen) atoms. The fraction of sp³-hybridized carbons (Fsp3) is 0.200. The summed E-state index contributed by atoms with van der Waals surface area (Å²) < 4.78 is 33.2. The predicted molar refractivity (Wildman–Crippen MR) is 84.9 cm³/mol. The smallest absolute Gasteiger partial charge is 0.238 e. The minimum atomic E-state index is -3.67. The molecule has 0 aliphatic rings. The van der Waals surface area contributed by atoms with Crippen molar-refractivity contribution in [1.82, 2.24) is 0 Å². The summed E-state index contributed by atoms with van der Waals surface area (Å²) >= 11 is 5.78. The summed E-state index contributed by atoms with van der Waals surface area (Å²) in [6.45, 7) is 0.971. The van der Waals surface area contributed by atoms with E-state index in [1.165, 1.54) is 12.1 Å². The van der Waals surface area contributed by atoms with Crippen molar-refractivity contribution in [3.8, 4) is 11.5 Å². The molecule has 118 valence electrons. The summed E-state index contributed by atoms with van der Waals surface area (Å²) in [6.07, 6.45) is 0.694. The molecule has 0 unspecified atom stereocenters. The Labute approximate surface area is 134 Å². The molecular formula is C15H16ClNO4S. The fourth-order valence-electron chi connectivity index (χ4n) is 1.70. The summed E-state index contributed by atoms with van der Waals surface area (Å²) in [6, 6.07) is 13.1. The van der Waals surface area contributed by atoms with Crippen molar-refractivity contribution in [1.29, 1.82) is 0 Å². The van der Waals surface area contributed by atoms with Gasteiger partial charge in [-0.3, -0.25) is 0 Å². The van der Waals surface area contributed by atoms with Crippen LogP contribution in [0.15, 0.2) is 53.4 Å². The minimum Gasteiger partial charge on any atom is -0.493 e. The van der Waals surface area contributed by atoms with E-state index in [-0.39, 0.29) is 4.90 Å². The Balaban J connectivity index is 1.71. The Morgan fingerprint density at radius 3 is 1.77 bits per heavy atom. The van der Waals surface area contributed by atoms with Crippen LogP contribution >= 0.6 is 11.6 Å². The topological polar surface area (TPSA) is 78.6 Å². The molecule has 0 radical (unpaired) electrons. The average molecular weight is 342 g/mol. The molecule has 2 aromatic rings. The van der Waals surface area contributed by atoms with Crippen LogP contribution in [0.1, 0.15) is 6.42 Å². The Hall–Kier alpha value is -1.76. The maximum atomic E-state index is 11.1.